The number of hydrogen-bond donors (Lipinski definition) is 1. The first-order valence-electron chi connectivity index (χ1n) is 4.56. The van der Waals surface area contributed by atoms with Crippen molar-refractivity contribution in [2.24, 2.45) is 0 Å². The fourth-order valence-electron chi connectivity index (χ4n) is 1.57. The Labute approximate surface area is 72.6 Å². The number of aromatic nitrogens is 2. The van der Waals surface area contributed by atoms with Gasteiger partial charge in [0.05, 0.1) is 5.69 Å². The average Bonchev–Trinajstić information content (AvgIpc) is 2.84. The van der Waals surface area contributed by atoms with Gasteiger partial charge in [-0.25, -0.2) is 4.68 Å². The molecule has 0 aliphatic heterocycles. The highest BCUT2D eigenvalue weighted by molar-refractivity contribution is 5.44. The molecule has 12 heavy (non-hydrogen) atoms. The van der Waals surface area contributed by atoms with Gasteiger partial charge in [0.2, 0.25) is 0 Å². The van der Waals surface area contributed by atoms with Gasteiger partial charge in [0.1, 0.15) is 5.82 Å². The molecule has 0 spiro atoms. The van der Waals surface area contributed by atoms with Gasteiger partial charge in [0, 0.05) is 18.0 Å². The van der Waals surface area contributed by atoms with Gasteiger partial charge >= 0.3 is 0 Å². The Morgan fingerprint density at radius 3 is 2.67 bits per heavy atom. The van der Waals surface area contributed by atoms with Crippen LogP contribution in [0.1, 0.15) is 36.9 Å². The summed E-state index contributed by atoms with van der Waals surface area (Å²) in [5.41, 5.74) is 8.30. The molecular weight excluding hydrogens is 150 g/mol. The Morgan fingerprint density at radius 2 is 2.25 bits per heavy atom. The molecule has 3 nitrogen and oxygen atoms in total. The molecule has 66 valence electrons. The van der Waals surface area contributed by atoms with Crippen LogP contribution in [-0.4, -0.2) is 9.78 Å². The van der Waals surface area contributed by atoms with Crippen LogP contribution in [-0.2, 0) is 6.54 Å². The molecule has 0 saturated heterocycles. The molecule has 1 aliphatic carbocycles. The minimum Gasteiger partial charge on any atom is -0.384 e. The first kappa shape index (κ1) is 7.65. The summed E-state index contributed by atoms with van der Waals surface area (Å²) in [4.78, 5) is 0. The summed E-state index contributed by atoms with van der Waals surface area (Å²) < 4.78 is 1.89. The molecule has 1 aromatic heterocycles. The molecule has 1 aromatic rings. The number of rotatable bonds is 2. The van der Waals surface area contributed by atoms with Gasteiger partial charge in [-0.05, 0) is 26.7 Å². The van der Waals surface area contributed by atoms with Crippen LogP contribution >= 0.6 is 0 Å². The Kier molecular flexibility index (Phi) is 1.60. The van der Waals surface area contributed by atoms with Crippen molar-refractivity contribution in [3.8, 4) is 0 Å². The molecule has 0 bridgehead atoms. The van der Waals surface area contributed by atoms with Gasteiger partial charge in [-0.1, -0.05) is 0 Å². The Bertz CT molecular complexity index is 297. The minimum absolute atomic E-state index is 0.708. The average molecular weight is 165 g/mol. The van der Waals surface area contributed by atoms with Crippen molar-refractivity contribution < 1.29 is 0 Å². The molecule has 1 aliphatic rings. The number of anilines is 1. The van der Waals surface area contributed by atoms with E-state index in [1.165, 1.54) is 24.1 Å². The highest BCUT2D eigenvalue weighted by Crippen LogP contribution is 2.41. The third-order valence-electron chi connectivity index (χ3n) is 2.54. The van der Waals surface area contributed by atoms with Gasteiger partial charge in [-0.3, -0.25) is 0 Å². The van der Waals surface area contributed by atoms with Gasteiger partial charge in [-0.2, -0.15) is 5.10 Å². The van der Waals surface area contributed by atoms with E-state index >= 15 is 0 Å². The lowest BCUT2D eigenvalue weighted by atomic mass is 10.2. The van der Waals surface area contributed by atoms with Crippen LogP contribution in [0, 0.1) is 6.92 Å². The number of nitrogens with zero attached hydrogens (tertiary/aromatic N) is 2. The van der Waals surface area contributed by atoms with Crippen molar-refractivity contribution >= 4 is 5.82 Å². The van der Waals surface area contributed by atoms with Crippen LogP contribution in [0.15, 0.2) is 0 Å². The zero-order valence-corrected chi connectivity index (χ0v) is 7.67. The van der Waals surface area contributed by atoms with Gasteiger partial charge in [0.25, 0.3) is 0 Å². The zero-order valence-electron chi connectivity index (χ0n) is 7.67. The summed E-state index contributed by atoms with van der Waals surface area (Å²) in [5.74, 6) is 1.56. The van der Waals surface area contributed by atoms with E-state index in [-0.39, 0.29) is 0 Å². The number of hydrogen-bond acceptors (Lipinski definition) is 2. The molecule has 0 radical (unpaired) electrons. The molecule has 0 aromatic carbocycles. The van der Waals surface area contributed by atoms with Crippen LogP contribution < -0.4 is 5.73 Å². The molecule has 2 rings (SSSR count). The molecule has 1 heterocycles. The summed E-state index contributed by atoms with van der Waals surface area (Å²) in [6.45, 7) is 5.01. The maximum atomic E-state index is 5.88. The standard InChI is InChI=1S/C9H15N3/c1-3-12-9(10)6(2)8(11-12)7-4-5-7/h7H,3-5,10H2,1-2H3. The van der Waals surface area contributed by atoms with Crippen LogP contribution in [0.25, 0.3) is 0 Å². The van der Waals surface area contributed by atoms with E-state index in [4.69, 9.17) is 5.73 Å². The van der Waals surface area contributed by atoms with E-state index in [1.54, 1.807) is 0 Å². The van der Waals surface area contributed by atoms with Crippen molar-refractivity contribution in [1.82, 2.24) is 9.78 Å². The van der Waals surface area contributed by atoms with E-state index in [0.717, 1.165) is 12.4 Å². The van der Waals surface area contributed by atoms with Crippen LogP contribution in [0.4, 0.5) is 5.82 Å². The van der Waals surface area contributed by atoms with Crippen molar-refractivity contribution in [3.63, 3.8) is 0 Å². The smallest absolute Gasteiger partial charge is 0.124 e. The molecule has 1 fully saturated rings. The summed E-state index contributed by atoms with van der Waals surface area (Å²) in [7, 11) is 0. The molecule has 2 N–H and O–H groups in total. The topological polar surface area (TPSA) is 43.8 Å². The summed E-state index contributed by atoms with van der Waals surface area (Å²) in [5, 5.41) is 4.48. The Hall–Kier alpha value is -0.990. The lowest BCUT2D eigenvalue weighted by molar-refractivity contribution is 0.656. The third kappa shape index (κ3) is 1.00. The largest absolute Gasteiger partial charge is 0.384 e. The van der Waals surface area contributed by atoms with E-state index in [0.29, 0.717) is 5.92 Å². The predicted molar refractivity (Wildman–Crippen MR) is 49.0 cm³/mol. The first-order valence-corrected chi connectivity index (χ1v) is 4.56. The fourth-order valence-corrected chi connectivity index (χ4v) is 1.57. The monoisotopic (exact) mass is 165 g/mol. The quantitative estimate of drug-likeness (QED) is 0.724. The predicted octanol–water partition coefficient (Wildman–Crippen LogP) is 1.67. The third-order valence-corrected chi connectivity index (χ3v) is 2.54. The lowest BCUT2D eigenvalue weighted by Gasteiger charge is -1.96. The molecular formula is C9H15N3. The number of nitrogens with two attached hydrogens (primary N) is 1. The summed E-state index contributed by atoms with van der Waals surface area (Å²) in [6.07, 6.45) is 2.59. The molecule has 3 heteroatoms. The maximum Gasteiger partial charge on any atom is 0.124 e. The minimum atomic E-state index is 0.708. The van der Waals surface area contributed by atoms with Gasteiger partial charge in [-0.15, -0.1) is 0 Å². The van der Waals surface area contributed by atoms with Crippen molar-refractivity contribution in [3.05, 3.63) is 11.3 Å². The van der Waals surface area contributed by atoms with Crippen molar-refractivity contribution in [2.45, 2.75) is 39.2 Å². The maximum absolute atomic E-state index is 5.88. The summed E-state index contributed by atoms with van der Waals surface area (Å²) >= 11 is 0. The molecule has 0 atom stereocenters. The summed E-state index contributed by atoms with van der Waals surface area (Å²) in [6, 6.07) is 0. The second kappa shape index (κ2) is 2.51. The molecule has 1 saturated carbocycles. The van der Waals surface area contributed by atoms with E-state index in [2.05, 4.69) is 18.9 Å². The van der Waals surface area contributed by atoms with E-state index in [1.807, 2.05) is 4.68 Å². The fraction of sp³-hybridized carbons (Fsp3) is 0.667. The molecule has 0 amide bonds. The number of nitrogen functional groups attached to an aromatic ring is 1. The lowest BCUT2D eigenvalue weighted by Crippen LogP contribution is -2.02. The second-order valence-electron chi connectivity index (χ2n) is 3.49. The van der Waals surface area contributed by atoms with Crippen molar-refractivity contribution in [1.29, 1.82) is 0 Å². The highest BCUT2D eigenvalue weighted by atomic mass is 15.3. The van der Waals surface area contributed by atoms with Gasteiger partial charge in [0.15, 0.2) is 0 Å². The first-order chi connectivity index (χ1) is 5.74. The number of aryl methyl sites for hydroxylation is 1. The van der Waals surface area contributed by atoms with Gasteiger partial charge < -0.3 is 5.73 Å². The van der Waals surface area contributed by atoms with Crippen LogP contribution in [0.3, 0.4) is 0 Å². The van der Waals surface area contributed by atoms with E-state index in [9.17, 15) is 0 Å². The highest BCUT2D eigenvalue weighted by Gasteiger charge is 2.29. The van der Waals surface area contributed by atoms with Crippen LogP contribution in [0.5, 0.6) is 0 Å². The van der Waals surface area contributed by atoms with Crippen molar-refractivity contribution in [2.75, 3.05) is 5.73 Å². The normalized spacial score (nSPS) is 16.8. The SMILES string of the molecule is CCn1nc(C2CC2)c(C)c1N. The molecule has 0 unspecified atom stereocenters. The zero-order chi connectivity index (χ0) is 8.72. The van der Waals surface area contributed by atoms with E-state index < -0.39 is 0 Å². The van der Waals surface area contributed by atoms with Crippen LogP contribution in [0.2, 0.25) is 0 Å². The Balaban J connectivity index is 2.41. The Morgan fingerprint density at radius 1 is 1.58 bits per heavy atom. The second-order valence-corrected chi connectivity index (χ2v) is 3.49.